The fourth-order valence-corrected chi connectivity index (χ4v) is 4.33. The Bertz CT molecular complexity index is 976. The third-order valence-corrected chi connectivity index (χ3v) is 6.27. The molecule has 0 aliphatic heterocycles. The number of carbonyl (C=O) groups is 1. The number of fused-ring (bicyclic) bond motifs is 1. The van der Waals surface area contributed by atoms with E-state index in [1.165, 1.54) is 17.0 Å². The second-order valence-corrected chi connectivity index (χ2v) is 9.01. The second-order valence-electron chi connectivity index (χ2n) is 7.84. The molecule has 0 saturated carbocycles. The smallest absolute Gasteiger partial charge is 0.264 e. The molecule has 0 unspecified atom stereocenters. The van der Waals surface area contributed by atoms with E-state index in [9.17, 15) is 9.18 Å². The number of nitrogens with zero attached hydrogens (tertiary/aromatic N) is 3. The lowest BCUT2D eigenvalue weighted by Gasteiger charge is -2.23. The van der Waals surface area contributed by atoms with Gasteiger partial charge in [-0.05, 0) is 55.5 Å². The van der Waals surface area contributed by atoms with Crippen LogP contribution in [0.2, 0.25) is 0 Å². The molecule has 1 aromatic carbocycles. The number of hydrogen-bond acceptors (Lipinski definition) is 3. The summed E-state index contributed by atoms with van der Waals surface area (Å²) in [6, 6.07) is 8.66. The minimum atomic E-state index is -0.264. The van der Waals surface area contributed by atoms with Crippen molar-refractivity contribution in [2.45, 2.75) is 60.0 Å². The van der Waals surface area contributed by atoms with Crippen molar-refractivity contribution in [2.24, 2.45) is 5.92 Å². The molecule has 29 heavy (non-hydrogen) atoms. The van der Waals surface area contributed by atoms with Crippen molar-refractivity contribution in [1.29, 1.82) is 0 Å². The summed E-state index contributed by atoms with van der Waals surface area (Å²) in [5, 5.41) is 0. The third kappa shape index (κ3) is 5.04. The number of benzene rings is 1. The highest BCUT2D eigenvalue weighted by Gasteiger charge is 2.21. The average Bonchev–Trinajstić information content (AvgIpc) is 3.30. The van der Waals surface area contributed by atoms with Crippen LogP contribution in [0.15, 0.2) is 30.3 Å². The van der Waals surface area contributed by atoms with Crippen molar-refractivity contribution in [1.82, 2.24) is 14.5 Å². The van der Waals surface area contributed by atoms with E-state index in [2.05, 4.69) is 32.3 Å². The molecular weight excluding hydrogens is 385 g/mol. The summed E-state index contributed by atoms with van der Waals surface area (Å²) < 4.78 is 15.9. The van der Waals surface area contributed by atoms with Crippen LogP contribution in [0.25, 0.3) is 11.0 Å². The zero-order chi connectivity index (χ0) is 21.0. The molecule has 0 bridgehead atoms. The first-order chi connectivity index (χ1) is 13.9. The molecule has 0 atom stereocenters. The Morgan fingerprint density at radius 3 is 2.69 bits per heavy atom. The summed E-state index contributed by atoms with van der Waals surface area (Å²) in [7, 11) is 0. The van der Waals surface area contributed by atoms with Crippen molar-refractivity contribution < 1.29 is 9.18 Å². The molecule has 2 aromatic heterocycles. The molecule has 156 valence electrons. The van der Waals surface area contributed by atoms with Crippen LogP contribution in [-0.2, 0) is 19.5 Å². The first-order valence-electron chi connectivity index (χ1n) is 10.5. The molecule has 2 heterocycles. The number of aryl methyl sites for hydroxylation is 2. The van der Waals surface area contributed by atoms with Gasteiger partial charge in [-0.25, -0.2) is 9.37 Å². The zero-order valence-corrected chi connectivity index (χ0v) is 18.6. The Morgan fingerprint density at radius 2 is 2.03 bits per heavy atom. The van der Waals surface area contributed by atoms with Gasteiger partial charge in [-0.3, -0.25) is 4.79 Å². The Morgan fingerprint density at radius 1 is 1.24 bits per heavy atom. The molecule has 0 fully saturated rings. The number of carbonyl (C=O) groups excluding carboxylic acids is 1. The maximum absolute atomic E-state index is 13.8. The van der Waals surface area contributed by atoms with Crippen LogP contribution in [-0.4, -0.2) is 26.9 Å². The van der Waals surface area contributed by atoms with Gasteiger partial charge < -0.3 is 9.47 Å². The first kappa shape index (κ1) is 21.5. The number of imidazole rings is 1. The number of aromatic nitrogens is 2. The number of amides is 1. The van der Waals surface area contributed by atoms with Crippen LogP contribution in [0.1, 0.15) is 60.9 Å². The monoisotopic (exact) mass is 415 g/mol. The molecule has 1 amide bonds. The largest absolute Gasteiger partial charge is 0.330 e. The Labute approximate surface area is 176 Å². The van der Waals surface area contributed by atoms with Gasteiger partial charge in [-0.2, -0.15) is 0 Å². The van der Waals surface area contributed by atoms with Crippen LogP contribution in [0.3, 0.4) is 0 Å². The van der Waals surface area contributed by atoms with Crippen molar-refractivity contribution in [3.63, 3.8) is 0 Å². The van der Waals surface area contributed by atoms with Gasteiger partial charge in [0, 0.05) is 18.0 Å². The van der Waals surface area contributed by atoms with Crippen molar-refractivity contribution >= 4 is 28.3 Å². The lowest BCUT2D eigenvalue weighted by Crippen LogP contribution is -2.32. The van der Waals surface area contributed by atoms with E-state index < -0.39 is 0 Å². The highest BCUT2D eigenvalue weighted by molar-refractivity contribution is 7.14. The molecule has 3 aromatic rings. The zero-order valence-electron chi connectivity index (χ0n) is 17.7. The van der Waals surface area contributed by atoms with E-state index in [0.717, 1.165) is 47.5 Å². The fourth-order valence-electron chi connectivity index (χ4n) is 3.42. The lowest BCUT2D eigenvalue weighted by atomic mass is 10.1. The summed E-state index contributed by atoms with van der Waals surface area (Å²) in [6.45, 7) is 10.4. The van der Waals surface area contributed by atoms with Gasteiger partial charge in [0.15, 0.2) is 0 Å². The van der Waals surface area contributed by atoms with Crippen LogP contribution in [0.4, 0.5) is 4.39 Å². The molecule has 0 spiro atoms. The number of rotatable bonds is 9. The summed E-state index contributed by atoms with van der Waals surface area (Å²) in [5.41, 5.74) is 1.57. The quantitative estimate of drug-likeness (QED) is 0.436. The summed E-state index contributed by atoms with van der Waals surface area (Å²) in [6.07, 6.45) is 2.78. The predicted octanol–water partition coefficient (Wildman–Crippen LogP) is 5.90. The van der Waals surface area contributed by atoms with Gasteiger partial charge in [0.05, 0.1) is 22.5 Å². The maximum atomic E-state index is 13.8. The SMILES string of the molecule is CCCn1c(CN(CCC(C)C)C(=O)c2ccc(CC)s2)nc2ccc(F)cc21. The fraction of sp³-hybridized carbons (Fsp3) is 0.478. The predicted molar refractivity (Wildman–Crippen MR) is 118 cm³/mol. The van der Waals surface area contributed by atoms with Gasteiger partial charge in [-0.15, -0.1) is 11.3 Å². The maximum Gasteiger partial charge on any atom is 0.264 e. The second kappa shape index (κ2) is 9.53. The van der Waals surface area contributed by atoms with Crippen LogP contribution < -0.4 is 0 Å². The summed E-state index contributed by atoms with van der Waals surface area (Å²) in [4.78, 5) is 21.9. The van der Waals surface area contributed by atoms with Crippen molar-refractivity contribution in [3.05, 3.63) is 51.7 Å². The molecule has 0 N–H and O–H groups in total. The molecule has 0 aliphatic rings. The number of hydrogen-bond donors (Lipinski definition) is 0. The van der Waals surface area contributed by atoms with Gasteiger partial charge in [-0.1, -0.05) is 27.7 Å². The molecule has 0 radical (unpaired) electrons. The van der Waals surface area contributed by atoms with E-state index in [0.29, 0.717) is 19.0 Å². The standard InChI is InChI=1S/C23H30FN3OS/c1-5-12-27-20-14-17(24)7-9-19(20)25-22(27)15-26(13-11-16(3)4)23(28)21-10-8-18(6-2)29-21/h7-10,14,16H,5-6,11-13,15H2,1-4H3. The van der Waals surface area contributed by atoms with E-state index in [-0.39, 0.29) is 11.7 Å². The molecular formula is C23H30FN3OS. The Balaban J connectivity index is 1.94. The van der Waals surface area contributed by atoms with Gasteiger partial charge in [0.1, 0.15) is 11.6 Å². The normalized spacial score (nSPS) is 11.5. The van der Waals surface area contributed by atoms with Gasteiger partial charge >= 0.3 is 0 Å². The third-order valence-electron chi connectivity index (χ3n) is 5.05. The molecule has 6 heteroatoms. The highest BCUT2D eigenvalue weighted by atomic mass is 32.1. The number of thiophene rings is 1. The lowest BCUT2D eigenvalue weighted by molar-refractivity contribution is 0.0734. The average molecular weight is 416 g/mol. The summed E-state index contributed by atoms with van der Waals surface area (Å²) in [5.74, 6) is 1.11. The Kier molecular flexibility index (Phi) is 7.06. The van der Waals surface area contributed by atoms with E-state index in [4.69, 9.17) is 4.98 Å². The summed E-state index contributed by atoms with van der Waals surface area (Å²) >= 11 is 1.57. The van der Waals surface area contributed by atoms with Gasteiger partial charge in [0.25, 0.3) is 5.91 Å². The topological polar surface area (TPSA) is 38.1 Å². The van der Waals surface area contributed by atoms with Gasteiger partial charge in [0.2, 0.25) is 0 Å². The first-order valence-corrected chi connectivity index (χ1v) is 11.3. The van der Waals surface area contributed by atoms with E-state index in [1.807, 2.05) is 17.0 Å². The number of halogens is 1. The molecule has 0 saturated heterocycles. The van der Waals surface area contributed by atoms with E-state index >= 15 is 0 Å². The molecule has 4 nitrogen and oxygen atoms in total. The van der Waals surface area contributed by atoms with E-state index in [1.54, 1.807) is 17.4 Å². The Hall–Kier alpha value is -2.21. The van der Waals surface area contributed by atoms with Crippen molar-refractivity contribution in [3.8, 4) is 0 Å². The van der Waals surface area contributed by atoms with Crippen LogP contribution >= 0.6 is 11.3 Å². The van der Waals surface area contributed by atoms with Crippen LogP contribution in [0, 0.1) is 11.7 Å². The minimum Gasteiger partial charge on any atom is -0.330 e. The molecule has 0 aliphatic carbocycles. The molecule has 3 rings (SSSR count). The minimum absolute atomic E-state index is 0.0524. The van der Waals surface area contributed by atoms with Crippen molar-refractivity contribution in [2.75, 3.05) is 6.54 Å². The van der Waals surface area contributed by atoms with Crippen LogP contribution in [0.5, 0.6) is 0 Å². The highest BCUT2D eigenvalue weighted by Crippen LogP contribution is 2.23.